The number of hydrogen-bond donors (Lipinski definition) is 10. The fourth-order valence-corrected chi connectivity index (χ4v) is 14.5. The van der Waals surface area contributed by atoms with Gasteiger partial charge in [-0.25, -0.2) is 4.98 Å². The maximum Gasteiger partial charge on any atom is 0.292 e. The molecule has 0 bridgehead atoms. The molecule has 33 heteroatoms. The number of fused-ring (bicyclic) bond motifs is 1. The van der Waals surface area contributed by atoms with Crippen molar-refractivity contribution in [3.05, 3.63) is 77.1 Å². The third-order valence-corrected chi connectivity index (χ3v) is 20.2. The molecule has 0 radical (unpaired) electrons. The van der Waals surface area contributed by atoms with Crippen LogP contribution in [-0.4, -0.2) is 271 Å². The second kappa shape index (κ2) is 50.1. The molecular weight excluding hydrogens is 1410 g/mol. The van der Waals surface area contributed by atoms with Crippen molar-refractivity contribution in [1.82, 2.24) is 77.5 Å². The summed E-state index contributed by atoms with van der Waals surface area (Å²) in [6.07, 6.45) is 10.3. The van der Waals surface area contributed by atoms with Gasteiger partial charge in [0, 0.05) is 152 Å². The number of nitrogens with one attached hydrogen (secondary N) is 8. The van der Waals surface area contributed by atoms with Crippen molar-refractivity contribution in [1.29, 1.82) is 0 Å². The number of tetrazole rings is 1. The summed E-state index contributed by atoms with van der Waals surface area (Å²) in [7, 11) is 0. The number of rotatable bonds is 55. The van der Waals surface area contributed by atoms with Crippen LogP contribution in [0.25, 0.3) is 5.69 Å². The first-order chi connectivity index (χ1) is 52.4. The van der Waals surface area contributed by atoms with Crippen molar-refractivity contribution in [2.75, 3.05) is 137 Å². The average Bonchev–Trinajstić information content (AvgIpc) is 0.998. The van der Waals surface area contributed by atoms with Crippen molar-refractivity contribution < 1.29 is 77.0 Å². The van der Waals surface area contributed by atoms with Crippen molar-refractivity contribution in [3.8, 4) is 5.69 Å². The molecule has 3 aliphatic heterocycles. The number of thioether (sulfide) groups is 1. The lowest BCUT2D eigenvalue weighted by molar-refractivity contribution is -0.133. The fraction of sp³-hybridized carbons (Fsp3) is 0.680. The number of unbranched alkanes of at least 4 members (excludes halogenated alkanes) is 5. The number of aliphatic hydroxyl groups is 2. The summed E-state index contributed by atoms with van der Waals surface area (Å²) < 4.78 is 28.4. The molecule has 7 rings (SSSR count). The summed E-state index contributed by atoms with van der Waals surface area (Å²) in [5, 5.41) is 56.8. The molecule has 3 aromatic rings. The average molecular weight is 1530 g/mol. The molecule has 0 saturated carbocycles. The predicted octanol–water partition coefficient (Wildman–Crippen LogP) is 3.35. The molecule has 4 aliphatic rings. The van der Waals surface area contributed by atoms with E-state index in [-0.39, 0.29) is 137 Å². The van der Waals surface area contributed by atoms with E-state index < -0.39 is 29.6 Å². The number of hydrogen-bond acceptors (Lipinski definition) is 25. The molecule has 598 valence electrons. The highest BCUT2D eigenvalue weighted by Gasteiger charge is 2.42. The first kappa shape index (κ1) is 87.5. The van der Waals surface area contributed by atoms with Crippen molar-refractivity contribution in [2.24, 2.45) is 10.4 Å². The summed E-state index contributed by atoms with van der Waals surface area (Å²) in [6, 6.07) is 14.2. The van der Waals surface area contributed by atoms with E-state index in [1.165, 1.54) is 4.80 Å². The summed E-state index contributed by atoms with van der Waals surface area (Å²) in [5.74, 6) is -0.922. The van der Waals surface area contributed by atoms with Gasteiger partial charge >= 0.3 is 0 Å². The number of pyridine rings is 1. The molecule has 0 spiro atoms. The number of aliphatic imine (C=N–C) groups is 1. The van der Waals surface area contributed by atoms with E-state index in [1.807, 2.05) is 60.8 Å². The van der Waals surface area contributed by atoms with E-state index in [9.17, 15) is 53.4 Å². The van der Waals surface area contributed by atoms with Crippen LogP contribution in [0.4, 0.5) is 0 Å². The third kappa shape index (κ3) is 34.0. The summed E-state index contributed by atoms with van der Waals surface area (Å²) in [5.41, 5.74) is 2.19. The van der Waals surface area contributed by atoms with Gasteiger partial charge in [-0.2, -0.15) is 11.8 Å². The Morgan fingerprint density at radius 1 is 0.648 bits per heavy atom. The Bertz CT molecular complexity index is 3320. The normalized spacial score (nSPS) is 18.2. The molecule has 1 aliphatic carbocycles. The smallest absolute Gasteiger partial charge is 0.292 e. The molecule has 7 amide bonds. The number of aliphatic hydroxyl groups excluding tert-OH is 2. The Kier molecular flexibility index (Phi) is 40.6. The number of carbonyl (C=O) groups is 9. The van der Waals surface area contributed by atoms with Gasteiger partial charge in [0.15, 0.2) is 18.4 Å². The summed E-state index contributed by atoms with van der Waals surface area (Å²) >= 11 is 1.92. The van der Waals surface area contributed by atoms with E-state index in [4.69, 9.17) is 28.7 Å². The second-order valence-electron chi connectivity index (χ2n) is 28.1. The Hall–Kier alpha value is -7.73. The zero-order chi connectivity index (χ0) is 77.0. The maximum absolute atomic E-state index is 13.6. The van der Waals surface area contributed by atoms with E-state index >= 15 is 0 Å². The minimum absolute atomic E-state index is 0.00458. The number of carbonyl (C=O) groups excluding carboxylic acids is 9. The topological polar surface area (TPSA) is 412 Å². The molecule has 2 aromatic heterocycles. The quantitative estimate of drug-likeness (QED) is 0.0220. The number of nitrogens with zero attached hydrogens (tertiary/aromatic N) is 8. The van der Waals surface area contributed by atoms with Gasteiger partial charge in [-0.1, -0.05) is 51.0 Å². The van der Waals surface area contributed by atoms with Gasteiger partial charge in [0.2, 0.25) is 35.4 Å². The lowest BCUT2D eigenvalue weighted by atomic mass is 9.75. The van der Waals surface area contributed by atoms with E-state index in [1.54, 1.807) is 18.2 Å². The van der Waals surface area contributed by atoms with E-state index in [2.05, 4.69) is 67.8 Å². The molecule has 5 heterocycles. The molecule has 32 nitrogen and oxygen atoms in total. The van der Waals surface area contributed by atoms with Crippen molar-refractivity contribution >= 4 is 70.9 Å². The van der Waals surface area contributed by atoms with Crippen LogP contribution in [0, 0.1) is 5.41 Å². The SMILES string of the molecule is CC1(C)CC(=O)C(C(CCCCC(=O)NCCCC[C@H](NC(=O)CCC(=O)NCCCCCC(=O)N2CCN(Cc3cccc(C=O)n3)CC2)C(=O)NCCCOCCOCCOCCCNC(=O)CCCC[C@@H]2SC[C@@H]3NC(O)N[C@@H]32)=NCCOCCOCCNC(=O)c2nnn(-c3ccccc3)n2)=C(O)C1. The highest BCUT2D eigenvalue weighted by molar-refractivity contribution is 8.00. The van der Waals surface area contributed by atoms with Gasteiger partial charge in [-0.05, 0) is 112 Å². The molecular formula is C75H116N16O16S. The van der Waals surface area contributed by atoms with Crippen LogP contribution in [0.2, 0.25) is 0 Å². The molecule has 1 unspecified atom stereocenters. The first-order valence-electron chi connectivity index (χ1n) is 38.5. The number of piperazine rings is 1. The molecule has 1 aromatic carbocycles. The van der Waals surface area contributed by atoms with Crippen LogP contribution in [0.15, 0.2) is 64.9 Å². The lowest BCUT2D eigenvalue weighted by Crippen LogP contribution is -2.48. The van der Waals surface area contributed by atoms with Crippen molar-refractivity contribution in [3.63, 3.8) is 0 Å². The Labute approximate surface area is 638 Å². The van der Waals surface area contributed by atoms with Crippen molar-refractivity contribution in [2.45, 2.75) is 185 Å². The Morgan fingerprint density at radius 3 is 1.97 bits per heavy atom. The number of ether oxygens (including phenoxy) is 5. The number of para-hydroxylation sites is 1. The number of aromatic nitrogens is 5. The minimum Gasteiger partial charge on any atom is -0.511 e. The lowest BCUT2D eigenvalue weighted by Gasteiger charge is -2.34. The first-order valence-corrected chi connectivity index (χ1v) is 39.6. The monoisotopic (exact) mass is 1530 g/mol. The molecule has 10 N–H and O–H groups in total. The van der Waals surface area contributed by atoms with Gasteiger partial charge in [-0.3, -0.25) is 63.7 Å². The standard InChI is InChI=1S/C75H116N16O16S/c1-75(2)50-61(93)69(62(94)51-75)58(76-34-42-105-46-47-106-43-35-81-73(101)71-86-88-91(87-71)57-20-5-3-6-21-57)22-8-10-25-64(95)77-31-14-12-23-59(83-67(98)29-28-66(97)78-30-13-4-7-27-68(99)90-38-36-89(37-39-90)52-55-18-15-19-56(53-92)82-55)72(100)80-33-17-41-104-45-49-107-48-44-103-40-16-32-79-65(96)26-11-9-24-63-70-60(54-108-63)84-74(102)85-70/h3,5-6,15,18-21,53,59-60,63,70,74,84-85,93,102H,4,7-14,16-17,22-52,54H2,1-2H3,(H,77,95)(H,78,97)(H,79,96)(H,80,100)(H,81,101)(H,83,98)/t59-,60-,63-,70-,74?/m0/s1. The highest BCUT2D eigenvalue weighted by Crippen LogP contribution is 2.37. The van der Waals surface area contributed by atoms with Gasteiger partial charge < -0.3 is 70.7 Å². The van der Waals surface area contributed by atoms with Crippen LogP contribution >= 0.6 is 11.8 Å². The summed E-state index contributed by atoms with van der Waals surface area (Å²) in [4.78, 5) is 130. The zero-order valence-corrected chi connectivity index (χ0v) is 63.9. The minimum atomic E-state index is -0.899. The Balaban J connectivity index is 0.742. The summed E-state index contributed by atoms with van der Waals surface area (Å²) in [6.45, 7) is 12.4. The highest BCUT2D eigenvalue weighted by atomic mass is 32.2. The van der Waals surface area contributed by atoms with Gasteiger partial charge in [0.05, 0.1) is 76.4 Å². The van der Waals surface area contributed by atoms with E-state index in [0.717, 1.165) is 43.4 Å². The van der Waals surface area contributed by atoms with Gasteiger partial charge in [0.25, 0.3) is 11.7 Å². The number of aldehydes is 1. The van der Waals surface area contributed by atoms with Crippen LogP contribution in [0.1, 0.15) is 175 Å². The molecule has 3 saturated heterocycles. The van der Waals surface area contributed by atoms with Gasteiger partial charge in [-0.15, -0.1) is 15.0 Å². The molecule has 5 atom stereocenters. The number of allylic oxidation sites excluding steroid dienone is 2. The van der Waals surface area contributed by atoms with Crippen LogP contribution in [-0.2, 0) is 63.8 Å². The largest absolute Gasteiger partial charge is 0.511 e. The van der Waals surface area contributed by atoms with Gasteiger partial charge in [0.1, 0.15) is 17.5 Å². The van der Waals surface area contributed by atoms with E-state index in [0.29, 0.717) is 197 Å². The fourth-order valence-electron chi connectivity index (χ4n) is 12.9. The van der Waals surface area contributed by atoms with Crippen LogP contribution in [0.3, 0.4) is 0 Å². The second-order valence-corrected chi connectivity index (χ2v) is 29.4. The Morgan fingerprint density at radius 2 is 1.27 bits per heavy atom. The van der Waals surface area contributed by atoms with Crippen LogP contribution < -0.4 is 42.5 Å². The third-order valence-electron chi connectivity index (χ3n) is 18.7. The van der Waals surface area contributed by atoms with Crippen LogP contribution in [0.5, 0.6) is 0 Å². The predicted molar refractivity (Wildman–Crippen MR) is 405 cm³/mol. The molecule has 3 fully saturated rings. The number of amides is 7. The maximum atomic E-state index is 13.6. The molecule has 108 heavy (non-hydrogen) atoms. The zero-order valence-electron chi connectivity index (χ0n) is 63.1. The number of benzene rings is 1. The number of Topliss-reactive ketones (excluding diaryl/α,β-unsaturated/α-hetero) is 1. The number of ketones is 1.